The van der Waals surface area contributed by atoms with Crippen molar-refractivity contribution in [3.8, 4) is 0 Å². The topological polar surface area (TPSA) is 48.9 Å². The predicted molar refractivity (Wildman–Crippen MR) is 94.5 cm³/mol. The zero-order valence-electron chi connectivity index (χ0n) is 15.1. The number of anilines is 1. The van der Waals surface area contributed by atoms with E-state index in [1.54, 1.807) is 6.20 Å². The number of pyridine rings is 1. The van der Waals surface area contributed by atoms with Gasteiger partial charge in [0.2, 0.25) is 0 Å². The molecule has 3 heterocycles. The Labute approximate surface area is 144 Å². The van der Waals surface area contributed by atoms with E-state index in [2.05, 4.69) is 42.6 Å². The molecular formula is C18H28N4O2. The number of piperazine rings is 1. The van der Waals surface area contributed by atoms with Crippen LogP contribution in [0.3, 0.4) is 0 Å². The lowest BCUT2D eigenvalue weighted by molar-refractivity contribution is -0.00546. The highest BCUT2D eigenvalue weighted by molar-refractivity contribution is 5.94. The monoisotopic (exact) mass is 332 g/mol. The lowest BCUT2D eigenvalue weighted by Gasteiger charge is -2.38. The first-order valence-electron chi connectivity index (χ1n) is 8.80. The molecule has 2 saturated heterocycles. The molecule has 0 N–H and O–H groups in total. The number of hydrogen-bond acceptors (Lipinski definition) is 5. The number of aromatic nitrogens is 1. The standard InChI is InChI=1S/C18H28N4O2/c1-13-10-20(4)7-8-22(13)18(23)16-5-6-17(19-9-16)21-11-14(2)24-15(3)12-21/h5-6,9,13-15H,7-8,10-12H2,1-4H3/t13-,14-,15+/m0/s1. The van der Waals surface area contributed by atoms with E-state index in [9.17, 15) is 4.79 Å². The number of likely N-dealkylation sites (N-methyl/N-ethyl adjacent to an activating group) is 1. The zero-order chi connectivity index (χ0) is 17.3. The van der Waals surface area contributed by atoms with Crippen LogP contribution in [0.2, 0.25) is 0 Å². The van der Waals surface area contributed by atoms with Crippen molar-refractivity contribution in [1.82, 2.24) is 14.8 Å². The SMILES string of the molecule is C[C@@H]1CN(c2ccc(C(=O)N3CCN(C)C[C@@H]3C)cn2)C[C@H](C)O1. The van der Waals surface area contributed by atoms with Gasteiger partial charge in [-0.3, -0.25) is 4.79 Å². The van der Waals surface area contributed by atoms with Gasteiger partial charge in [-0.15, -0.1) is 0 Å². The van der Waals surface area contributed by atoms with Crippen molar-refractivity contribution in [1.29, 1.82) is 0 Å². The quantitative estimate of drug-likeness (QED) is 0.821. The second-order valence-electron chi connectivity index (χ2n) is 7.18. The van der Waals surface area contributed by atoms with E-state index < -0.39 is 0 Å². The third kappa shape index (κ3) is 3.70. The van der Waals surface area contributed by atoms with Gasteiger partial charge in [-0.25, -0.2) is 4.98 Å². The summed E-state index contributed by atoms with van der Waals surface area (Å²) in [5.41, 5.74) is 0.671. The third-order valence-corrected chi connectivity index (χ3v) is 4.83. The maximum Gasteiger partial charge on any atom is 0.255 e. The maximum atomic E-state index is 12.7. The number of morpholine rings is 1. The van der Waals surface area contributed by atoms with Gasteiger partial charge in [0.05, 0.1) is 17.8 Å². The first kappa shape index (κ1) is 17.2. The molecule has 1 amide bonds. The molecule has 24 heavy (non-hydrogen) atoms. The molecule has 0 aliphatic carbocycles. The minimum atomic E-state index is 0.0818. The van der Waals surface area contributed by atoms with Gasteiger partial charge in [-0.2, -0.15) is 0 Å². The number of carbonyl (C=O) groups is 1. The lowest BCUT2D eigenvalue weighted by atomic mass is 10.1. The van der Waals surface area contributed by atoms with Crippen molar-refractivity contribution in [2.24, 2.45) is 0 Å². The highest BCUT2D eigenvalue weighted by atomic mass is 16.5. The highest BCUT2D eigenvalue weighted by Crippen LogP contribution is 2.19. The molecule has 2 aliphatic heterocycles. The Kier molecular flexibility index (Phi) is 5.06. The molecule has 3 atom stereocenters. The number of nitrogens with zero attached hydrogens (tertiary/aromatic N) is 4. The van der Waals surface area contributed by atoms with E-state index in [0.29, 0.717) is 5.56 Å². The van der Waals surface area contributed by atoms with Gasteiger partial charge in [0.25, 0.3) is 5.91 Å². The van der Waals surface area contributed by atoms with Gasteiger partial charge in [0.1, 0.15) is 5.82 Å². The number of ether oxygens (including phenoxy) is 1. The molecule has 3 rings (SSSR count). The summed E-state index contributed by atoms with van der Waals surface area (Å²) in [4.78, 5) is 23.7. The molecule has 0 spiro atoms. The van der Waals surface area contributed by atoms with Gasteiger partial charge < -0.3 is 19.4 Å². The second-order valence-corrected chi connectivity index (χ2v) is 7.18. The average Bonchev–Trinajstić information content (AvgIpc) is 2.53. The van der Waals surface area contributed by atoms with E-state index >= 15 is 0 Å². The molecule has 0 radical (unpaired) electrons. The summed E-state index contributed by atoms with van der Waals surface area (Å²) in [7, 11) is 2.10. The number of amides is 1. The minimum absolute atomic E-state index is 0.0818. The van der Waals surface area contributed by atoms with Gasteiger partial charge in [-0.05, 0) is 40.0 Å². The van der Waals surface area contributed by atoms with Crippen LogP contribution in [0.4, 0.5) is 5.82 Å². The maximum absolute atomic E-state index is 12.7. The van der Waals surface area contributed by atoms with Crippen LogP contribution in [0.25, 0.3) is 0 Å². The van der Waals surface area contributed by atoms with E-state index in [4.69, 9.17) is 4.74 Å². The fourth-order valence-corrected chi connectivity index (χ4v) is 3.67. The molecule has 132 valence electrons. The molecule has 2 fully saturated rings. The third-order valence-electron chi connectivity index (χ3n) is 4.83. The van der Waals surface area contributed by atoms with Crippen molar-refractivity contribution in [3.63, 3.8) is 0 Å². The molecule has 6 heteroatoms. The molecule has 1 aromatic heterocycles. The smallest absolute Gasteiger partial charge is 0.255 e. The highest BCUT2D eigenvalue weighted by Gasteiger charge is 2.27. The van der Waals surface area contributed by atoms with Crippen LogP contribution in [0.1, 0.15) is 31.1 Å². The first-order chi connectivity index (χ1) is 11.4. The van der Waals surface area contributed by atoms with Crippen molar-refractivity contribution >= 4 is 11.7 Å². The minimum Gasteiger partial charge on any atom is -0.372 e. The van der Waals surface area contributed by atoms with Crippen LogP contribution in [0.5, 0.6) is 0 Å². The molecule has 0 saturated carbocycles. The Bertz CT molecular complexity index is 567. The van der Waals surface area contributed by atoms with Crippen LogP contribution in [-0.4, -0.2) is 78.7 Å². The van der Waals surface area contributed by atoms with Crippen LogP contribution in [0, 0.1) is 0 Å². The lowest BCUT2D eigenvalue weighted by Crippen LogP contribution is -2.52. The van der Waals surface area contributed by atoms with Crippen molar-refractivity contribution in [2.75, 3.05) is 44.7 Å². The van der Waals surface area contributed by atoms with E-state index in [1.165, 1.54) is 0 Å². The van der Waals surface area contributed by atoms with Crippen LogP contribution < -0.4 is 4.90 Å². The summed E-state index contributed by atoms with van der Waals surface area (Å²) in [6.45, 7) is 10.5. The Hall–Kier alpha value is -1.66. The number of carbonyl (C=O) groups excluding carboxylic acids is 1. The summed E-state index contributed by atoms with van der Waals surface area (Å²) < 4.78 is 5.77. The predicted octanol–water partition coefficient (Wildman–Crippen LogP) is 1.47. The molecular weight excluding hydrogens is 304 g/mol. The molecule has 2 aliphatic rings. The summed E-state index contributed by atoms with van der Waals surface area (Å²) in [6.07, 6.45) is 2.11. The van der Waals surface area contributed by atoms with Crippen LogP contribution in [-0.2, 0) is 4.74 Å². The Balaban J connectivity index is 1.69. The fourth-order valence-electron chi connectivity index (χ4n) is 3.67. The molecule has 0 unspecified atom stereocenters. The van der Waals surface area contributed by atoms with E-state index in [-0.39, 0.29) is 24.2 Å². The molecule has 0 aromatic carbocycles. The second kappa shape index (κ2) is 7.07. The summed E-state index contributed by atoms with van der Waals surface area (Å²) in [5.74, 6) is 0.998. The van der Waals surface area contributed by atoms with E-state index in [1.807, 2.05) is 17.0 Å². The van der Waals surface area contributed by atoms with Crippen molar-refractivity contribution in [2.45, 2.75) is 39.0 Å². The average molecular weight is 332 g/mol. The summed E-state index contributed by atoms with van der Waals surface area (Å²) in [5, 5.41) is 0. The molecule has 0 bridgehead atoms. The van der Waals surface area contributed by atoms with Gasteiger partial charge in [0.15, 0.2) is 0 Å². The molecule has 1 aromatic rings. The summed E-state index contributed by atoms with van der Waals surface area (Å²) in [6, 6.07) is 4.09. The zero-order valence-corrected chi connectivity index (χ0v) is 15.1. The first-order valence-corrected chi connectivity index (χ1v) is 8.80. The number of rotatable bonds is 2. The largest absolute Gasteiger partial charge is 0.372 e. The van der Waals surface area contributed by atoms with E-state index in [0.717, 1.165) is 38.5 Å². The van der Waals surface area contributed by atoms with Gasteiger partial charge >= 0.3 is 0 Å². The normalized spacial score (nSPS) is 28.9. The Morgan fingerprint density at radius 3 is 2.42 bits per heavy atom. The van der Waals surface area contributed by atoms with Crippen LogP contribution in [0.15, 0.2) is 18.3 Å². The number of hydrogen-bond donors (Lipinski definition) is 0. The molecule has 6 nitrogen and oxygen atoms in total. The van der Waals surface area contributed by atoms with Gasteiger partial charge in [0, 0.05) is 45.0 Å². The Morgan fingerprint density at radius 2 is 1.83 bits per heavy atom. The Morgan fingerprint density at radius 1 is 1.12 bits per heavy atom. The van der Waals surface area contributed by atoms with Crippen molar-refractivity contribution < 1.29 is 9.53 Å². The van der Waals surface area contributed by atoms with Gasteiger partial charge in [-0.1, -0.05) is 0 Å². The van der Waals surface area contributed by atoms with Crippen molar-refractivity contribution in [3.05, 3.63) is 23.9 Å². The fraction of sp³-hybridized carbons (Fsp3) is 0.667. The summed E-state index contributed by atoms with van der Waals surface area (Å²) >= 11 is 0. The van der Waals surface area contributed by atoms with Crippen LogP contribution >= 0.6 is 0 Å².